The molecule has 0 aliphatic heterocycles. The van der Waals surface area contributed by atoms with Gasteiger partial charge in [0, 0.05) is 30.4 Å². The van der Waals surface area contributed by atoms with Crippen LogP contribution < -0.4 is 16.2 Å². The minimum Gasteiger partial charge on any atom is -0.496 e. The first-order chi connectivity index (χ1) is 14.5. The lowest BCUT2D eigenvalue weighted by atomic mass is 9.63. The molecule has 1 amide bonds. The fraction of sp³-hybridized carbons (Fsp3) is 0.227. The molecule has 8 heteroatoms. The highest BCUT2D eigenvalue weighted by molar-refractivity contribution is 6.07. The number of carbonyl (C=O) groups excluding carboxylic acids is 1. The number of methoxy groups -OCH3 is 1. The summed E-state index contributed by atoms with van der Waals surface area (Å²) < 4.78 is 5.23. The molecule has 2 heterocycles. The summed E-state index contributed by atoms with van der Waals surface area (Å²) in [5, 5.41) is 0. The Kier molecular flexibility index (Phi) is 5.14. The standard InChI is InChI=1S/C22H22N6O2/c1-30-18-7-10-25-13-17(18)19(29)28-20(23)22(8-2-9-22)16-5-3-14(4-6-16)15-11-26-21(24)27-12-15/h3-7,10-13H,2,8-9H2,1H3,(H2,23,28,29)(H2,24,26,27). The van der Waals surface area contributed by atoms with Crippen molar-refractivity contribution in [2.75, 3.05) is 12.8 Å². The zero-order valence-corrected chi connectivity index (χ0v) is 16.6. The maximum atomic E-state index is 12.7. The summed E-state index contributed by atoms with van der Waals surface area (Å²) in [5.41, 5.74) is 14.7. The number of pyridine rings is 1. The van der Waals surface area contributed by atoms with E-state index in [0.717, 1.165) is 36.0 Å². The first-order valence-electron chi connectivity index (χ1n) is 9.59. The maximum Gasteiger partial charge on any atom is 0.284 e. The van der Waals surface area contributed by atoms with Gasteiger partial charge in [0.25, 0.3) is 5.91 Å². The number of anilines is 1. The first-order valence-corrected chi connectivity index (χ1v) is 9.59. The molecule has 0 radical (unpaired) electrons. The molecule has 1 aliphatic carbocycles. The number of benzene rings is 1. The van der Waals surface area contributed by atoms with Crippen LogP contribution in [0.25, 0.3) is 11.1 Å². The molecule has 1 saturated carbocycles. The fourth-order valence-corrected chi connectivity index (χ4v) is 3.69. The molecule has 30 heavy (non-hydrogen) atoms. The molecule has 2 aromatic heterocycles. The van der Waals surface area contributed by atoms with Crippen molar-refractivity contribution in [3.8, 4) is 16.9 Å². The van der Waals surface area contributed by atoms with Gasteiger partial charge in [0.05, 0.1) is 12.5 Å². The molecule has 0 bridgehead atoms. The molecule has 4 N–H and O–H groups in total. The zero-order valence-electron chi connectivity index (χ0n) is 16.6. The number of hydrogen-bond donors (Lipinski definition) is 2. The van der Waals surface area contributed by atoms with Gasteiger partial charge in [0.15, 0.2) is 0 Å². The SMILES string of the molecule is COc1ccncc1C(=O)N=C(N)C1(c2ccc(-c3cnc(N)nc3)cc2)CCC1. The summed E-state index contributed by atoms with van der Waals surface area (Å²) in [6.45, 7) is 0. The average molecular weight is 402 g/mol. The third-order valence-corrected chi connectivity index (χ3v) is 5.59. The summed E-state index contributed by atoms with van der Waals surface area (Å²) in [6.07, 6.45) is 9.07. The average Bonchev–Trinajstić information content (AvgIpc) is 2.74. The van der Waals surface area contributed by atoms with Gasteiger partial charge in [0.2, 0.25) is 5.95 Å². The van der Waals surface area contributed by atoms with E-state index in [0.29, 0.717) is 11.6 Å². The molecule has 0 saturated heterocycles. The minimum absolute atomic E-state index is 0.239. The van der Waals surface area contributed by atoms with Crippen LogP contribution in [0.15, 0.2) is 60.1 Å². The second-order valence-electron chi connectivity index (χ2n) is 7.22. The van der Waals surface area contributed by atoms with Gasteiger partial charge in [-0.05, 0) is 30.0 Å². The van der Waals surface area contributed by atoms with E-state index in [1.807, 2.05) is 24.3 Å². The molecule has 4 rings (SSSR count). The molecule has 0 spiro atoms. The Morgan fingerprint density at radius 2 is 1.77 bits per heavy atom. The Hall–Kier alpha value is -3.81. The van der Waals surface area contributed by atoms with E-state index in [9.17, 15) is 4.79 Å². The molecular formula is C22H22N6O2. The predicted octanol–water partition coefficient (Wildman–Crippen LogP) is 2.75. The third-order valence-electron chi connectivity index (χ3n) is 5.59. The quantitative estimate of drug-likeness (QED) is 0.496. The van der Waals surface area contributed by atoms with E-state index in [1.165, 1.54) is 13.3 Å². The smallest absolute Gasteiger partial charge is 0.284 e. The lowest BCUT2D eigenvalue weighted by molar-refractivity contribution is 0.0997. The number of rotatable bonds is 5. The van der Waals surface area contributed by atoms with Crippen molar-refractivity contribution in [1.82, 2.24) is 15.0 Å². The number of aliphatic imine (C=N–C) groups is 1. The lowest BCUT2D eigenvalue weighted by Gasteiger charge is -2.41. The van der Waals surface area contributed by atoms with Crippen molar-refractivity contribution in [1.29, 1.82) is 0 Å². The van der Waals surface area contributed by atoms with Crippen LogP contribution in [-0.2, 0) is 5.41 Å². The summed E-state index contributed by atoms with van der Waals surface area (Å²) in [5.74, 6) is 0.513. The van der Waals surface area contributed by atoms with Gasteiger partial charge in [-0.2, -0.15) is 4.99 Å². The van der Waals surface area contributed by atoms with Gasteiger partial charge < -0.3 is 16.2 Å². The van der Waals surface area contributed by atoms with E-state index in [2.05, 4.69) is 19.9 Å². The van der Waals surface area contributed by atoms with Crippen LogP contribution >= 0.6 is 0 Å². The van der Waals surface area contributed by atoms with Crippen molar-refractivity contribution in [2.24, 2.45) is 10.7 Å². The van der Waals surface area contributed by atoms with E-state index >= 15 is 0 Å². The Labute approximate surface area is 174 Å². The van der Waals surface area contributed by atoms with Gasteiger partial charge in [0.1, 0.15) is 17.1 Å². The molecular weight excluding hydrogens is 380 g/mol. The molecule has 152 valence electrons. The second kappa shape index (κ2) is 7.90. The summed E-state index contributed by atoms with van der Waals surface area (Å²) in [7, 11) is 1.50. The maximum absolute atomic E-state index is 12.7. The predicted molar refractivity (Wildman–Crippen MR) is 114 cm³/mol. The molecule has 0 atom stereocenters. The topological polar surface area (TPSA) is 129 Å². The highest BCUT2D eigenvalue weighted by Crippen LogP contribution is 2.44. The summed E-state index contributed by atoms with van der Waals surface area (Å²) >= 11 is 0. The minimum atomic E-state index is -0.459. The number of amides is 1. The summed E-state index contributed by atoms with van der Waals surface area (Å²) in [4.78, 5) is 29.0. The molecule has 1 aromatic carbocycles. The number of carbonyl (C=O) groups is 1. The van der Waals surface area contributed by atoms with Crippen molar-refractivity contribution in [3.63, 3.8) is 0 Å². The van der Waals surface area contributed by atoms with Gasteiger partial charge in [-0.25, -0.2) is 9.97 Å². The monoisotopic (exact) mass is 402 g/mol. The second-order valence-corrected chi connectivity index (χ2v) is 7.22. The molecule has 8 nitrogen and oxygen atoms in total. The van der Waals surface area contributed by atoms with Crippen molar-refractivity contribution >= 4 is 17.7 Å². The molecule has 0 unspecified atom stereocenters. The number of amidine groups is 1. The van der Waals surface area contributed by atoms with Gasteiger partial charge >= 0.3 is 0 Å². The summed E-state index contributed by atoms with van der Waals surface area (Å²) in [6, 6.07) is 9.63. The van der Waals surface area contributed by atoms with Crippen LogP contribution in [0.1, 0.15) is 35.2 Å². The highest BCUT2D eigenvalue weighted by Gasteiger charge is 2.43. The fourth-order valence-electron chi connectivity index (χ4n) is 3.69. The highest BCUT2D eigenvalue weighted by atomic mass is 16.5. The van der Waals surface area contributed by atoms with Crippen LogP contribution in [-0.4, -0.2) is 33.8 Å². The molecule has 1 fully saturated rings. The van der Waals surface area contributed by atoms with Crippen molar-refractivity contribution in [2.45, 2.75) is 24.7 Å². The van der Waals surface area contributed by atoms with Gasteiger partial charge in [-0.3, -0.25) is 9.78 Å². The number of ether oxygens (including phenoxy) is 1. The third kappa shape index (κ3) is 3.47. The van der Waals surface area contributed by atoms with Crippen LogP contribution in [0, 0.1) is 0 Å². The lowest BCUT2D eigenvalue weighted by Crippen LogP contribution is -2.47. The Morgan fingerprint density at radius 1 is 1.07 bits per heavy atom. The first kappa shape index (κ1) is 19.5. The Balaban J connectivity index is 1.62. The molecule has 1 aliphatic rings. The van der Waals surface area contributed by atoms with E-state index < -0.39 is 11.3 Å². The van der Waals surface area contributed by atoms with Crippen LogP contribution in [0.5, 0.6) is 5.75 Å². The Bertz CT molecular complexity index is 1090. The number of aromatic nitrogens is 3. The van der Waals surface area contributed by atoms with Crippen molar-refractivity contribution < 1.29 is 9.53 Å². The van der Waals surface area contributed by atoms with E-state index in [-0.39, 0.29) is 11.5 Å². The van der Waals surface area contributed by atoms with Gasteiger partial charge in [-0.1, -0.05) is 30.7 Å². The van der Waals surface area contributed by atoms with Crippen molar-refractivity contribution in [3.05, 3.63) is 66.2 Å². The van der Waals surface area contributed by atoms with Crippen LogP contribution in [0.2, 0.25) is 0 Å². The van der Waals surface area contributed by atoms with Gasteiger partial charge in [-0.15, -0.1) is 0 Å². The number of nitrogens with zero attached hydrogens (tertiary/aromatic N) is 4. The van der Waals surface area contributed by atoms with Crippen LogP contribution in [0.3, 0.4) is 0 Å². The molecule has 3 aromatic rings. The normalized spacial score (nSPS) is 15.3. The Morgan fingerprint density at radius 3 is 2.37 bits per heavy atom. The van der Waals surface area contributed by atoms with E-state index in [4.69, 9.17) is 16.2 Å². The van der Waals surface area contributed by atoms with Crippen LogP contribution in [0.4, 0.5) is 5.95 Å². The number of hydrogen-bond acceptors (Lipinski definition) is 6. The number of nitrogen functional groups attached to an aromatic ring is 1. The zero-order chi connectivity index (χ0) is 21.1. The van der Waals surface area contributed by atoms with E-state index in [1.54, 1.807) is 24.7 Å². The number of nitrogens with two attached hydrogens (primary N) is 2. The largest absolute Gasteiger partial charge is 0.496 e.